The van der Waals surface area contributed by atoms with Crippen LogP contribution in [-0.2, 0) is 9.53 Å². The van der Waals surface area contributed by atoms with Crippen molar-refractivity contribution in [2.75, 3.05) is 23.9 Å². The lowest BCUT2D eigenvalue weighted by atomic mass is 9.91. The van der Waals surface area contributed by atoms with Crippen molar-refractivity contribution >= 4 is 39.2 Å². The Morgan fingerprint density at radius 3 is 2.57 bits per heavy atom. The number of hydrogen-bond acceptors (Lipinski definition) is 5. The number of carbonyl (C=O) groups excluding carboxylic acids is 2. The first-order chi connectivity index (χ1) is 16.4. The van der Waals surface area contributed by atoms with Gasteiger partial charge in [0.15, 0.2) is 0 Å². The van der Waals surface area contributed by atoms with Crippen LogP contribution in [0.3, 0.4) is 0 Å². The van der Waals surface area contributed by atoms with E-state index in [9.17, 15) is 23.1 Å². The minimum Gasteiger partial charge on any atom is -0.482 e. The summed E-state index contributed by atoms with van der Waals surface area (Å²) in [4.78, 5) is 27.2. The second-order valence-electron chi connectivity index (χ2n) is 9.66. The van der Waals surface area contributed by atoms with Crippen LogP contribution in [0.25, 0.3) is 11.1 Å². The molecule has 0 bridgehead atoms. The van der Waals surface area contributed by atoms with E-state index >= 15 is 0 Å². The summed E-state index contributed by atoms with van der Waals surface area (Å²) in [6.45, 7) is 3.80. The maximum absolute atomic E-state index is 13.6. The van der Waals surface area contributed by atoms with Crippen molar-refractivity contribution in [2.24, 2.45) is 0 Å². The lowest BCUT2D eigenvalue weighted by Crippen LogP contribution is -2.37. The van der Waals surface area contributed by atoms with E-state index in [1.165, 1.54) is 12.1 Å². The molecule has 2 amide bonds. The zero-order chi connectivity index (χ0) is 25.1. The number of anilines is 1. The summed E-state index contributed by atoms with van der Waals surface area (Å²) in [7, 11) is -0.903. The van der Waals surface area contributed by atoms with Crippen LogP contribution >= 0.6 is 10.6 Å². The Kier molecular flexibility index (Phi) is 5.54. The molecule has 1 fully saturated rings. The van der Waals surface area contributed by atoms with Crippen molar-refractivity contribution in [1.82, 2.24) is 4.90 Å². The monoisotopic (exact) mass is 498 g/mol. The lowest BCUT2D eigenvalue weighted by Gasteiger charge is -2.29. The van der Waals surface area contributed by atoms with Gasteiger partial charge in [0.2, 0.25) is 0 Å². The van der Waals surface area contributed by atoms with Crippen LogP contribution in [-0.4, -0.2) is 56.0 Å². The molecule has 0 aliphatic carbocycles. The zero-order valence-corrected chi connectivity index (χ0v) is 20.5. The van der Waals surface area contributed by atoms with Gasteiger partial charge in [0.25, 0.3) is 11.8 Å². The molecule has 3 N–H and O–H groups in total. The van der Waals surface area contributed by atoms with Gasteiger partial charge >= 0.3 is 0 Å². The fourth-order valence-corrected chi connectivity index (χ4v) is 6.70. The van der Waals surface area contributed by atoms with E-state index in [0.717, 1.165) is 11.1 Å². The summed E-state index contributed by atoms with van der Waals surface area (Å²) in [5, 5.41) is 2.69. The highest BCUT2D eigenvalue weighted by molar-refractivity contribution is 8.24. The predicted molar refractivity (Wildman–Crippen MR) is 135 cm³/mol. The second-order valence-corrected chi connectivity index (χ2v) is 12.0. The number of allylic oxidation sites excluding steroid dienone is 1. The van der Waals surface area contributed by atoms with E-state index in [1.807, 2.05) is 32.1 Å². The lowest BCUT2D eigenvalue weighted by molar-refractivity contribution is -0.111. The van der Waals surface area contributed by atoms with Crippen molar-refractivity contribution in [1.29, 1.82) is 0 Å². The maximum atomic E-state index is 13.6. The highest BCUT2D eigenvalue weighted by Crippen LogP contribution is 2.47. The molecule has 9 heteroatoms. The molecule has 0 aromatic heterocycles. The van der Waals surface area contributed by atoms with Gasteiger partial charge in [-0.25, -0.2) is 4.39 Å². The molecule has 1 saturated heterocycles. The van der Waals surface area contributed by atoms with Crippen molar-refractivity contribution < 1.29 is 27.8 Å². The molecule has 2 aromatic carbocycles. The molecular weight excluding hydrogens is 471 g/mol. The molecule has 0 spiro atoms. The van der Waals surface area contributed by atoms with Crippen molar-refractivity contribution in [3.63, 3.8) is 0 Å². The number of nitrogens with one attached hydrogen (secondary N) is 1. The Morgan fingerprint density at radius 2 is 1.91 bits per heavy atom. The molecule has 5 rings (SSSR count). The molecule has 3 aliphatic rings. The number of ether oxygens (including phenoxy) is 1. The van der Waals surface area contributed by atoms with Gasteiger partial charge in [-0.05, 0) is 62.2 Å². The molecule has 35 heavy (non-hydrogen) atoms. The third-order valence-corrected chi connectivity index (χ3v) is 8.62. The van der Waals surface area contributed by atoms with Crippen LogP contribution < -0.4 is 5.32 Å². The SMILES string of the molecule is CN(C(=O)c1ccc(C2=CC(=C3C(=O)Nc4cc(F)ccc43)OC2(C)C)cc1)C1CCS(O)(O)C1. The Labute approximate surface area is 204 Å². The molecule has 0 saturated carbocycles. The highest BCUT2D eigenvalue weighted by Gasteiger charge is 2.38. The fourth-order valence-electron chi connectivity index (χ4n) is 4.87. The third kappa shape index (κ3) is 4.24. The Bertz CT molecular complexity index is 1300. The largest absolute Gasteiger partial charge is 0.482 e. The first-order valence-corrected chi connectivity index (χ1v) is 13.2. The summed E-state index contributed by atoms with van der Waals surface area (Å²) in [5.74, 6) is -0.00173. The average Bonchev–Trinajstić information content (AvgIpc) is 3.43. The topological polar surface area (TPSA) is 99.1 Å². The highest BCUT2D eigenvalue weighted by atomic mass is 32.3. The average molecular weight is 499 g/mol. The molecule has 3 heterocycles. The molecule has 2 aromatic rings. The second kappa shape index (κ2) is 8.22. The smallest absolute Gasteiger partial charge is 0.260 e. The van der Waals surface area contributed by atoms with E-state index in [0.29, 0.717) is 40.3 Å². The number of benzene rings is 2. The number of carbonyl (C=O) groups is 2. The van der Waals surface area contributed by atoms with Gasteiger partial charge in [-0.1, -0.05) is 12.1 Å². The molecule has 7 nitrogen and oxygen atoms in total. The standard InChI is InChI=1S/C26H27FN2O5S/c1-26(2)20(13-22(34-26)23-19-9-8-17(27)12-21(19)28-24(23)30)15-4-6-16(7-5-15)25(31)29(3)18-10-11-35(32,33)14-18/h4-9,12-13,18,32-33H,10-11,14H2,1-3H3,(H,28,30). The number of fused-ring (bicyclic) bond motifs is 1. The van der Waals surface area contributed by atoms with Gasteiger partial charge in [0.1, 0.15) is 17.2 Å². The fraction of sp³-hybridized carbons (Fsp3) is 0.308. The summed E-state index contributed by atoms with van der Waals surface area (Å²) in [6.07, 6.45) is 2.39. The number of halogens is 1. The summed E-state index contributed by atoms with van der Waals surface area (Å²) in [6, 6.07) is 11.1. The van der Waals surface area contributed by atoms with Gasteiger partial charge in [-0.15, -0.1) is 0 Å². The third-order valence-electron chi connectivity index (χ3n) is 6.81. The van der Waals surface area contributed by atoms with E-state index in [1.54, 1.807) is 30.1 Å². The van der Waals surface area contributed by atoms with Crippen LogP contribution in [0.4, 0.5) is 10.1 Å². The number of hydrogen-bond donors (Lipinski definition) is 3. The minimum absolute atomic E-state index is 0.177. The molecule has 1 unspecified atom stereocenters. The van der Waals surface area contributed by atoms with E-state index in [2.05, 4.69) is 5.32 Å². The Morgan fingerprint density at radius 1 is 1.20 bits per heavy atom. The zero-order valence-electron chi connectivity index (χ0n) is 19.7. The van der Waals surface area contributed by atoms with Crippen molar-refractivity contribution in [3.05, 3.63) is 76.8 Å². The van der Waals surface area contributed by atoms with Crippen LogP contribution in [0.1, 0.15) is 41.8 Å². The van der Waals surface area contributed by atoms with Gasteiger partial charge in [0, 0.05) is 29.5 Å². The Balaban J connectivity index is 1.42. The number of rotatable bonds is 3. The van der Waals surface area contributed by atoms with E-state index in [-0.39, 0.29) is 23.6 Å². The molecule has 1 atom stereocenters. The van der Waals surface area contributed by atoms with Crippen molar-refractivity contribution in [2.45, 2.75) is 31.9 Å². The van der Waals surface area contributed by atoms with Crippen LogP contribution in [0, 0.1) is 5.82 Å². The quantitative estimate of drug-likeness (QED) is 0.519. The molecular formula is C26H27FN2O5S. The normalized spacial score (nSPS) is 24.9. The van der Waals surface area contributed by atoms with E-state index < -0.39 is 22.0 Å². The van der Waals surface area contributed by atoms with Gasteiger partial charge in [-0.2, -0.15) is 10.6 Å². The van der Waals surface area contributed by atoms with Crippen LogP contribution in [0.2, 0.25) is 0 Å². The van der Waals surface area contributed by atoms with Gasteiger partial charge in [0.05, 0.1) is 23.1 Å². The first-order valence-electron chi connectivity index (χ1n) is 11.3. The van der Waals surface area contributed by atoms with Crippen molar-refractivity contribution in [3.8, 4) is 0 Å². The van der Waals surface area contributed by atoms with E-state index in [4.69, 9.17) is 4.74 Å². The first kappa shape index (κ1) is 23.6. The molecule has 0 radical (unpaired) electrons. The van der Waals surface area contributed by atoms with Crippen LogP contribution in [0.5, 0.6) is 0 Å². The number of amides is 2. The minimum atomic E-state index is -2.59. The Hall–Kier alpha value is -3.14. The molecule has 184 valence electrons. The maximum Gasteiger partial charge on any atom is 0.260 e. The molecule has 3 aliphatic heterocycles. The number of nitrogens with zero attached hydrogens (tertiary/aromatic N) is 1. The predicted octanol–water partition coefficient (Wildman–Crippen LogP) is 4.98. The van der Waals surface area contributed by atoms with Gasteiger partial charge < -0.3 is 15.0 Å². The summed E-state index contributed by atoms with van der Waals surface area (Å²) in [5.41, 5.74) is 2.83. The van der Waals surface area contributed by atoms with Gasteiger partial charge in [-0.3, -0.25) is 18.7 Å². The summed E-state index contributed by atoms with van der Waals surface area (Å²) < 4.78 is 39.6. The summed E-state index contributed by atoms with van der Waals surface area (Å²) >= 11 is 0. The van der Waals surface area contributed by atoms with Crippen LogP contribution in [0.15, 0.2) is 54.3 Å².